The molecule has 0 aromatic heterocycles. The van der Waals surface area contributed by atoms with Crippen LogP contribution >= 0.6 is 0 Å². The van der Waals surface area contributed by atoms with E-state index in [2.05, 4.69) is 46.7 Å². The fourth-order valence-corrected chi connectivity index (χ4v) is 2.47. The van der Waals surface area contributed by atoms with Crippen LogP contribution in [0.15, 0.2) is 48.5 Å². The summed E-state index contributed by atoms with van der Waals surface area (Å²) in [4.78, 5) is 14.1. The highest BCUT2D eigenvalue weighted by Gasteiger charge is 2.09. The minimum atomic E-state index is -0.154. The topological polar surface area (TPSA) is 44.4 Å². The van der Waals surface area contributed by atoms with Crippen LogP contribution in [0.5, 0.6) is 0 Å². The van der Waals surface area contributed by atoms with E-state index in [9.17, 15) is 4.79 Å². The highest BCUT2D eigenvalue weighted by atomic mass is 16.2. The normalized spacial score (nSPS) is 11.7. The van der Waals surface area contributed by atoms with Crippen molar-refractivity contribution in [2.75, 3.05) is 19.0 Å². The Balaban J connectivity index is 1.83. The lowest BCUT2D eigenvalue weighted by atomic mass is 10.1. The van der Waals surface area contributed by atoms with Gasteiger partial charge >= 0.3 is 6.03 Å². The number of nitrogens with one attached hydrogen (secondary N) is 2. The number of amides is 2. The Hall–Kier alpha value is -2.49. The predicted octanol–water partition coefficient (Wildman–Crippen LogP) is 3.88. The Morgan fingerprint density at radius 1 is 1.00 bits per heavy atom. The van der Waals surface area contributed by atoms with Crippen LogP contribution in [0.2, 0.25) is 0 Å². The molecule has 0 aliphatic heterocycles. The molecule has 4 nitrogen and oxygen atoms in total. The van der Waals surface area contributed by atoms with Gasteiger partial charge < -0.3 is 15.5 Å². The molecule has 2 aromatic rings. The molecule has 0 fully saturated rings. The van der Waals surface area contributed by atoms with Gasteiger partial charge in [0.1, 0.15) is 0 Å². The molecule has 0 radical (unpaired) electrons. The Morgan fingerprint density at radius 2 is 1.58 bits per heavy atom. The third-order valence-electron chi connectivity index (χ3n) is 4.14. The molecule has 0 heterocycles. The SMILES string of the molecule is CCc1ccc(C(C)NC(=O)NCc2ccc(N(C)C)cc2)cc1. The zero-order valence-electron chi connectivity index (χ0n) is 15.0. The van der Waals surface area contributed by atoms with Crippen molar-refractivity contribution in [2.24, 2.45) is 0 Å². The fraction of sp³-hybridized carbons (Fsp3) is 0.350. The van der Waals surface area contributed by atoms with Crippen molar-refractivity contribution in [3.63, 3.8) is 0 Å². The van der Waals surface area contributed by atoms with Crippen LogP contribution in [0.4, 0.5) is 10.5 Å². The minimum Gasteiger partial charge on any atom is -0.378 e. The van der Waals surface area contributed by atoms with E-state index in [1.165, 1.54) is 5.56 Å². The average molecular weight is 325 g/mol. The second-order valence-electron chi connectivity index (χ2n) is 6.20. The number of urea groups is 1. The maximum absolute atomic E-state index is 12.1. The summed E-state index contributed by atoms with van der Waals surface area (Å²) in [6.45, 7) is 4.64. The van der Waals surface area contributed by atoms with Crippen molar-refractivity contribution in [1.29, 1.82) is 0 Å². The summed E-state index contributed by atoms with van der Waals surface area (Å²) >= 11 is 0. The summed E-state index contributed by atoms with van der Waals surface area (Å²) in [5.41, 5.74) is 4.64. The van der Waals surface area contributed by atoms with E-state index in [0.29, 0.717) is 6.54 Å². The number of aryl methyl sites for hydroxylation is 1. The smallest absolute Gasteiger partial charge is 0.315 e. The van der Waals surface area contributed by atoms with E-state index in [1.807, 2.05) is 45.3 Å². The maximum Gasteiger partial charge on any atom is 0.315 e. The zero-order valence-corrected chi connectivity index (χ0v) is 15.0. The van der Waals surface area contributed by atoms with Crippen LogP contribution in [0, 0.1) is 0 Å². The monoisotopic (exact) mass is 325 g/mol. The van der Waals surface area contributed by atoms with Gasteiger partial charge in [-0.2, -0.15) is 0 Å². The molecule has 1 unspecified atom stereocenters. The molecule has 0 bridgehead atoms. The lowest BCUT2D eigenvalue weighted by Crippen LogP contribution is -2.36. The predicted molar refractivity (Wildman–Crippen MR) is 100 cm³/mol. The van der Waals surface area contributed by atoms with E-state index in [0.717, 1.165) is 23.2 Å². The van der Waals surface area contributed by atoms with Crippen molar-refractivity contribution in [3.05, 3.63) is 65.2 Å². The molecule has 2 amide bonds. The van der Waals surface area contributed by atoms with E-state index < -0.39 is 0 Å². The van der Waals surface area contributed by atoms with Gasteiger partial charge in [0, 0.05) is 26.3 Å². The van der Waals surface area contributed by atoms with Gasteiger partial charge in [-0.15, -0.1) is 0 Å². The van der Waals surface area contributed by atoms with Gasteiger partial charge in [0.05, 0.1) is 6.04 Å². The highest BCUT2D eigenvalue weighted by molar-refractivity contribution is 5.74. The summed E-state index contributed by atoms with van der Waals surface area (Å²) in [6, 6.07) is 16.3. The largest absolute Gasteiger partial charge is 0.378 e. The first-order chi connectivity index (χ1) is 11.5. The van der Waals surface area contributed by atoms with Crippen molar-refractivity contribution >= 4 is 11.7 Å². The fourth-order valence-electron chi connectivity index (χ4n) is 2.47. The number of rotatable bonds is 6. The number of anilines is 1. The van der Waals surface area contributed by atoms with Gasteiger partial charge in [0.2, 0.25) is 0 Å². The quantitative estimate of drug-likeness (QED) is 0.846. The van der Waals surface area contributed by atoms with Crippen LogP contribution in [-0.4, -0.2) is 20.1 Å². The average Bonchev–Trinajstić information content (AvgIpc) is 2.60. The molecule has 128 valence electrons. The first kappa shape index (κ1) is 17.9. The van der Waals surface area contributed by atoms with Crippen LogP contribution in [0.25, 0.3) is 0 Å². The number of hydrogen-bond donors (Lipinski definition) is 2. The summed E-state index contributed by atoms with van der Waals surface area (Å²) in [6.07, 6.45) is 1.02. The van der Waals surface area contributed by atoms with E-state index in [1.54, 1.807) is 0 Å². The molecule has 0 aliphatic rings. The minimum absolute atomic E-state index is 0.0213. The molecule has 2 rings (SSSR count). The van der Waals surface area contributed by atoms with Gasteiger partial charge in [-0.05, 0) is 42.2 Å². The van der Waals surface area contributed by atoms with Crippen molar-refractivity contribution in [2.45, 2.75) is 32.9 Å². The van der Waals surface area contributed by atoms with Gasteiger partial charge in [-0.1, -0.05) is 43.3 Å². The van der Waals surface area contributed by atoms with Gasteiger partial charge in [-0.25, -0.2) is 4.79 Å². The number of carbonyl (C=O) groups is 1. The molecule has 0 spiro atoms. The van der Waals surface area contributed by atoms with Crippen LogP contribution in [0.3, 0.4) is 0 Å². The van der Waals surface area contributed by atoms with E-state index >= 15 is 0 Å². The third kappa shape index (κ3) is 5.01. The maximum atomic E-state index is 12.1. The molecule has 4 heteroatoms. The second kappa shape index (κ2) is 8.39. The summed E-state index contributed by atoms with van der Waals surface area (Å²) in [5, 5.41) is 5.88. The van der Waals surface area contributed by atoms with Crippen LogP contribution < -0.4 is 15.5 Å². The Bertz CT molecular complexity index is 648. The molecular weight excluding hydrogens is 298 g/mol. The van der Waals surface area contributed by atoms with Gasteiger partial charge in [0.15, 0.2) is 0 Å². The molecule has 2 N–H and O–H groups in total. The lowest BCUT2D eigenvalue weighted by molar-refractivity contribution is 0.237. The molecule has 1 atom stereocenters. The number of hydrogen-bond acceptors (Lipinski definition) is 2. The second-order valence-corrected chi connectivity index (χ2v) is 6.20. The van der Waals surface area contributed by atoms with E-state index in [-0.39, 0.29) is 12.1 Å². The van der Waals surface area contributed by atoms with Crippen molar-refractivity contribution < 1.29 is 4.79 Å². The number of nitrogens with zero attached hydrogens (tertiary/aromatic N) is 1. The molecular formula is C20H27N3O. The van der Waals surface area contributed by atoms with E-state index in [4.69, 9.17) is 0 Å². The van der Waals surface area contributed by atoms with Gasteiger partial charge in [-0.3, -0.25) is 0 Å². The lowest BCUT2D eigenvalue weighted by Gasteiger charge is -2.16. The summed E-state index contributed by atoms with van der Waals surface area (Å²) in [5.74, 6) is 0. The standard InChI is InChI=1S/C20H27N3O/c1-5-16-6-10-18(11-7-16)15(2)22-20(24)21-14-17-8-12-19(13-9-17)23(3)4/h6-13,15H,5,14H2,1-4H3,(H2,21,22,24). The molecule has 24 heavy (non-hydrogen) atoms. The van der Waals surface area contributed by atoms with Crippen LogP contribution in [0.1, 0.15) is 36.6 Å². The molecule has 0 aliphatic carbocycles. The first-order valence-electron chi connectivity index (χ1n) is 8.39. The zero-order chi connectivity index (χ0) is 17.5. The summed E-state index contributed by atoms with van der Waals surface area (Å²) in [7, 11) is 4.02. The Morgan fingerprint density at radius 3 is 2.12 bits per heavy atom. The Labute approximate surface area is 144 Å². The first-order valence-corrected chi connectivity index (χ1v) is 8.39. The molecule has 2 aromatic carbocycles. The highest BCUT2D eigenvalue weighted by Crippen LogP contribution is 2.14. The van der Waals surface area contributed by atoms with Crippen molar-refractivity contribution in [3.8, 4) is 0 Å². The third-order valence-corrected chi connectivity index (χ3v) is 4.14. The summed E-state index contributed by atoms with van der Waals surface area (Å²) < 4.78 is 0. The van der Waals surface area contributed by atoms with Gasteiger partial charge in [0.25, 0.3) is 0 Å². The van der Waals surface area contributed by atoms with Crippen molar-refractivity contribution in [1.82, 2.24) is 10.6 Å². The number of carbonyl (C=O) groups excluding carboxylic acids is 1. The number of benzene rings is 2. The molecule has 0 saturated heterocycles. The van der Waals surface area contributed by atoms with Crippen LogP contribution in [-0.2, 0) is 13.0 Å². The Kier molecular flexibility index (Phi) is 6.24. The molecule has 0 saturated carbocycles.